The van der Waals surface area contributed by atoms with Crippen molar-refractivity contribution in [3.05, 3.63) is 17.3 Å². The molecule has 0 radical (unpaired) electrons. The van der Waals surface area contributed by atoms with Crippen molar-refractivity contribution in [3.63, 3.8) is 0 Å². The highest BCUT2D eigenvalue weighted by molar-refractivity contribution is 6.28. The second-order valence-electron chi connectivity index (χ2n) is 6.42. The van der Waals surface area contributed by atoms with Crippen molar-refractivity contribution in [2.75, 3.05) is 6.54 Å². The van der Waals surface area contributed by atoms with Gasteiger partial charge in [0.15, 0.2) is 5.50 Å². The largest absolute Gasteiger partial charge is 0.444 e. The van der Waals surface area contributed by atoms with Gasteiger partial charge in [-0.2, -0.15) is 0 Å². The van der Waals surface area contributed by atoms with Crippen LogP contribution in [0.25, 0.3) is 0 Å². The van der Waals surface area contributed by atoms with Gasteiger partial charge < -0.3 is 14.6 Å². The van der Waals surface area contributed by atoms with Crippen LogP contribution in [0.5, 0.6) is 0 Å². The van der Waals surface area contributed by atoms with Crippen molar-refractivity contribution in [1.29, 1.82) is 0 Å². The van der Waals surface area contributed by atoms with Gasteiger partial charge in [-0.25, -0.2) is 9.79 Å². The standard InChI is InChI=1S/C16H23ClN4O2/c1-11-10-21(8-7-19-15(22)23-16(2,3)4)14-12(11)5-6-18-13(17)9-20-14/h6,9-10,13H,5,7-8H2,1-4H3,(H,19,22)/b18-6-,20-9+. The maximum atomic E-state index is 11.7. The van der Waals surface area contributed by atoms with E-state index in [4.69, 9.17) is 16.3 Å². The molecule has 2 heterocycles. The SMILES string of the molecule is Cc1cn(CCNC(=O)OC(C)(C)C)c2c1C/C=N\C(Cl)/C=N/2. The normalized spacial score (nSPS) is 20.1. The minimum atomic E-state index is -0.498. The molecule has 0 fully saturated rings. The summed E-state index contributed by atoms with van der Waals surface area (Å²) in [5, 5.41) is 2.75. The van der Waals surface area contributed by atoms with Crippen molar-refractivity contribution in [3.8, 4) is 0 Å². The lowest BCUT2D eigenvalue weighted by molar-refractivity contribution is 0.0526. The van der Waals surface area contributed by atoms with Gasteiger partial charge in [0.25, 0.3) is 0 Å². The summed E-state index contributed by atoms with van der Waals surface area (Å²) in [6.45, 7) is 8.62. The number of hydrogen-bond donors (Lipinski definition) is 1. The Bertz CT molecular complexity index is 629. The zero-order valence-corrected chi connectivity index (χ0v) is 14.7. The Morgan fingerprint density at radius 3 is 2.96 bits per heavy atom. The molecule has 126 valence electrons. The first-order valence-corrected chi connectivity index (χ1v) is 8.05. The lowest BCUT2D eigenvalue weighted by Gasteiger charge is -2.19. The van der Waals surface area contributed by atoms with E-state index in [1.165, 1.54) is 0 Å². The Morgan fingerprint density at radius 1 is 1.52 bits per heavy atom. The summed E-state index contributed by atoms with van der Waals surface area (Å²) in [5.41, 5.74) is 1.34. The molecule has 1 amide bonds. The monoisotopic (exact) mass is 338 g/mol. The summed E-state index contributed by atoms with van der Waals surface area (Å²) in [4.78, 5) is 20.3. The topological polar surface area (TPSA) is 68.0 Å². The molecule has 23 heavy (non-hydrogen) atoms. The Labute approximate surface area is 141 Å². The molecular weight excluding hydrogens is 316 g/mol. The average molecular weight is 339 g/mol. The number of halogens is 1. The molecule has 1 aromatic rings. The van der Waals surface area contributed by atoms with Gasteiger partial charge in [0.2, 0.25) is 0 Å². The molecule has 1 aliphatic rings. The van der Waals surface area contributed by atoms with Gasteiger partial charge in [0, 0.05) is 43.7 Å². The first-order valence-electron chi connectivity index (χ1n) is 7.61. The van der Waals surface area contributed by atoms with Crippen LogP contribution in [0.15, 0.2) is 16.2 Å². The minimum absolute atomic E-state index is 0.416. The number of aliphatic imine (C=N–C) groups is 2. The summed E-state index contributed by atoms with van der Waals surface area (Å²) in [6.07, 6.45) is 5.75. The van der Waals surface area contributed by atoms with Crippen molar-refractivity contribution < 1.29 is 9.53 Å². The lowest BCUT2D eigenvalue weighted by Crippen LogP contribution is -2.34. The van der Waals surface area contributed by atoms with E-state index in [9.17, 15) is 4.79 Å². The van der Waals surface area contributed by atoms with E-state index in [2.05, 4.69) is 15.3 Å². The molecule has 0 bridgehead atoms. The number of ether oxygens (including phenoxy) is 1. The van der Waals surface area contributed by atoms with E-state index < -0.39 is 17.2 Å². The maximum absolute atomic E-state index is 11.7. The predicted molar refractivity (Wildman–Crippen MR) is 93.4 cm³/mol. The van der Waals surface area contributed by atoms with Crippen molar-refractivity contribution in [2.45, 2.75) is 51.8 Å². The third-order valence-electron chi connectivity index (χ3n) is 3.25. The van der Waals surface area contributed by atoms with Crippen LogP contribution in [-0.2, 0) is 17.7 Å². The van der Waals surface area contributed by atoms with Crippen LogP contribution >= 0.6 is 11.6 Å². The van der Waals surface area contributed by atoms with Crippen LogP contribution in [0.3, 0.4) is 0 Å². The number of amides is 1. The molecule has 0 saturated heterocycles. The fraction of sp³-hybridized carbons (Fsp3) is 0.562. The molecule has 0 saturated carbocycles. The van der Waals surface area contributed by atoms with Crippen LogP contribution in [0.1, 0.15) is 31.9 Å². The smallest absolute Gasteiger partial charge is 0.407 e. The molecule has 0 aromatic carbocycles. The van der Waals surface area contributed by atoms with Crippen LogP contribution in [0, 0.1) is 6.92 Å². The fourth-order valence-corrected chi connectivity index (χ4v) is 2.44. The number of fused-ring (bicyclic) bond motifs is 1. The second kappa shape index (κ2) is 7.17. The van der Waals surface area contributed by atoms with Gasteiger partial charge in [-0.3, -0.25) is 4.99 Å². The Balaban J connectivity index is 2.02. The van der Waals surface area contributed by atoms with Crippen LogP contribution in [0.4, 0.5) is 10.6 Å². The number of aromatic nitrogens is 1. The van der Waals surface area contributed by atoms with Gasteiger partial charge in [-0.05, 0) is 33.3 Å². The highest BCUT2D eigenvalue weighted by Crippen LogP contribution is 2.26. The van der Waals surface area contributed by atoms with E-state index in [0.717, 1.165) is 16.9 Å². The molecule has 1 atom stereocenters. The summed E-state index contributed by atoms with van der Waals surface area (Å²) >= 11 is 6.00. The van der Waals surface area contributed by atoms with Crippen molar-refractivity contribution in [2.24, 2.45) is 9.98 Å². The van der Waals surface area contributed by atoms with Crippen molar-refractivity contribution >= 4 is 35.9 Å². The molecule has 2 rings (SSSR count). The second-order valence-corrected chi connectivity index (χ2v) is 6.87. The third kappa shape index (κ3) is 5.10. The highest BCUT2D eigenvalue weighted by atomic mass is 35.5. The molecule has 0 spiro atoms. The van der Waals surface area contributed by atoms with Gasteiger partial charge >= 0.3 is 6.09 Å². The summed E-state index contributed by atoms with van der Waals surface area (Å²) in [6, 6.07) is 0. The number of alkyl carbamates (subject to hydrolysis) is 1. The zero-order valence-electron chi connectivity index (χ0n) is 14.0. The van der Waals surface area contributed by atoms with Crippen LogP contribution in [0.2, 0.25) is 0 Å². The quantitative estimate of drug-likeness (QED) is 0.679. The van der Waals surface area contributed by atoms with Crippen LogP contribution in [-0.4, -0.2) is 40.7 Å². The maximum Gasteiger partial charge on any atom is 0.407 e. The van der Waals surface area contributed by atoms with Gasteiger partial charge in [-0.1, -0.05) is 11.6 Å². The average Bonchev–Trinajstić information content (AvgIpc) is 2.67. The third-order valence-corrected chi connectivity index (χ3v) is 3.48. The lowest BCUT2D eigenvalue weighted by atomic mass is 10.1. The molecule has 1 aliphatic heterocycles. The van der Waals surface area contributed by atoms with Crippen molar-refractivity contribution in [1.82, 2.24) is 9.88 Å². The molecule has 0 aliphatic carbocycles. The molecule has 1 unspecified atom stereocenters. The zero-order chi connectivity index (χ0) is 17.0. The summed E-state index contributed by atoms with van der Waals surface area (Å²) in [7, 11) is 0. The van der Waals surface area contributed by atoms with Gasteiger partial charge in [-0.15, -0.1) is 0 Å². The van der Waals surface area contributed by atoms with E-state index in [1.54, 1.807) is 6.21 Å². The predicted octanol–water partition coefficient (Wildman–Crippen LogP) is 3.22. The molecule has 7 heteroatoms. The summed E-state index contributed by atoms with van der Waals surface area (Å²) < 4.78 is 7.24. The molecule has 6 nitrogen and oxygen atoms in total. The Hall–Kier alpha value is -1.82. The molecule has 1 N–H and O–H groups in total. The Kier molecular flexibility index (Phi) is 5.46. The minimum Gasteiger partial charge on any atom is -0.444 e. The Morgan fingerprint density at radius 2 is 2.26 bits per heavy atom. The number of rotatable bonds is 3. The number of nitrogens with one attached hydrogen (secondary N) is 1. The number of alkyl halides is 1. The first kappa shape index (κ1) is 17.5. The first-order chi connectivity index (χ1) is 10.8. The van der Waals surface area contributed by atoms with E-state index in [0.29, 0.717) is 19.5 Å². The summed E-state index contributed by atoms with van der Waals surface area (Å²) in [5.74, 6) is 0.866. The highest BCUT2D eigenvalue weighted by Gasteiger charge is 2.17. The number of hydrogen-bond acceptors (Lipinski definition) is 4. The van der Waals surface area contributed by atoms with E-state index in [-0.39, 0.29) is 0 Å². The van der Waals surface area contributed by atoms with Gasteiger partial charge in [0.1, 0.15) is 11.4 Å². The molecular formula is C16H23ClN4O2. The number of nitrogens with zero attached hydrogens (tertiary/aromatic N) is 3. The van der Waals surface area contributed by atoms with E-state index >= 15 is 0 Å². The number of aryl methyl sites for hydroxylation is 1. The fourth-order valence-electron chi connectivity index (χ4n) is 2.31. The van der Waals surface area contributed by atoms with Gasteiger partial charge in [0.05, 0.1) is 0 Å². The van der Waals surface area contributed by atoms with E-state index in [1.807, 2.05) is 44.7 Å². The molecule has 1 aromatic heterocycles. The number of carbonyl (C=O) groups excluding carboxylic acids is 1. The number of carbonyl (C=O) groups is 1. The van der Waals surface area contributed by atoms with Crippen LogP contribution < -0.4 is 5.32 Å².